The van der Waals surface area contributed by atoms with Gasteiger partial charge in [-0.2, -0.15) is 0 Å². The van der Waals surface area contributed by atoms with E-state index in [1.54, 1.807) is 47.9 Å². The van der Waals surface area contributed by atoms with E-state index in [-0.39, 0.29) is 71.6 Å². The van der Waals surface area contributed by atoms with Gasteiger partial charge in [0.25, 0.3) is 43.7 Å². The van der Waals surface area contributed by atoms with Gasteiger partial charge in [-0.15, -0.1) is 0 Å². The molecule has 2 aliphatic heterocycles. The molecule has 2 fully saturated rings. The third kappa shape index (κ3) is 10.6. The number of aromatic nitrogens is 4. The Labute approximate surface area is 332 Å². The molecule has 0 radical (unpaired) electrons. The number of anilines is 4. The van der Waals surface area contributed by atoms with Crippen LogP contribution in [0.2, 0.25) is 0 Å². The van der Waals surface area contributed by atoms with Crippen LogP contribution >= 0.6 is 0 Å². The number of halogens is 4. The zero-order valence-electron chi connectivity index (χ0n) is 31.8. The lowest BCUT2D eigenvalue weighted by Gasteiger charge is -2.38. The van der Waals surface area contributed by atoms with Gasteiger partial charge in [0, 0.05) is 98.1 Å². The van der Waals surface area contributed by atoms with Crippen LogP contribution in [0.5, 0.6) is 0 Å². The largest absolute Gasteiger partial charge is 0.355 e. The lowest BCUT2D eigenvalue weighted by Crippen LogP contribution is -2.46. The van der Waals surface area contributed by atoms with Crippen molar-refractivity contribution < 1.29 is 44.0 Å². The number of nitrogens with zero attached hydrogens (tertiary/aromatic N) is 6. The van der Waals surface area contributed by atoms with Crippen molar-refractivity contribution in [2.75, 3.05) is 46.6 Å². The fourth-order valence-corrected chi connectivity index (χ4v) is 7.16. The molecule has 0 aliphatic carbocycles. The summed E-state index contributed by atoms with van der Waals surface area (Å²) < 4.78 is 101. The fourth-order valence-electron chi connectivity index (χ4n) is 6.16. The topological polar surface area (TPSA) is 237 Å². The van der Waals surface area contributed by atoms with E-state index in [0.29, 0.717) is 23.0 Å². The summed E-state index contributed by atoms with van der Waals surface area (Å²) in [6.45, 7) is 6.69. The molecule has 22 heteroatoms. The summed E-state index contributed by atoms with van der Waals surface area (Å²) >= 11 is 0. The third-order valence-corrected chi connectivity index (χ3v) is 11.2. The van der Waals surface area contributed by atoms with E-state index in [1.807, 2.05) is 0 Å². The Morgan fingerprint density at radius 2 is 1.03 bits per heavy atom. The monoisotopic (exact) mass is 850 g/mol. The molecule has 2 atom stereocenters. The summed E-state index contributed by atoms with van der Waals surface area (Å²) in [6.07, 6.45) is 1.76. The lowest BCUT2D eigenvalue weighted by molar-refractivity contribution is -0.0656. The molecule has 4 aromatic rings. The van der Waals surface area contributed by atoms with E-state index in [0.717, 1.165) is 12.1 Å². The molecule has 6 N–H and O–H groups in total. The van der Waals surface area contributed by atoms with Crippen molar-refractivity contribution in [2.45, 2.75) is 62.4 Å². The maximum Gasteiger partial charge on any atom is 0.259 e. The van der Waals surface area contributed by atoms with Gasteiger partial charge < -0.3 is 20.4 Å². The van der Waals surface area contributed by atoms with Crippen LogP contribution in [0.1, 0.15) is 58.8 Å². The Hall–Kier alpha value is -5.32. The highest BCUT2D eigenvalue weighted by molar-refractivity contribution is 7.89. The van der Waals surface area contributed by atoms with Crippen molar-refractivity contribution >= 4 is 54.9 Å². The maximum atomic E-state index is 13.9. The average molecular weight is 851 g/mol. The Balaban J connectivity index is 0.000000221. The van der Waals surface area contributed by atoms with Gasteiger partial charge in [-0.05, 0) is 50.2 Å². The van der Waals surface area contributed by atoms with Gasteiger partial charge in [-0.25, -0.2) is 64.6 Å². The molecule has 2 saturated heterocycles. The number of primary sulfonamides is 2. The van der Waals surface area contributed by atoms with Crippen LogP contribution in [0.25, 0.3) is 0 Å². The molecule has 6 heterocycles. The van der Waals surface area contributed by atoms with Gasteiger partial charge in [0.15, 0.2) is 10.1 Å². The molecule has 0 spiro atoms. The second-order valence-corrected chi connectivity index (χ2v) is 17.1. The summed E-state index contributed by atoms with van der Waals surface area (Å²) in [6, 6.07) is 11.5. The van der Waals surface area contributed by atoms with Crippen molar-refractivity contribution in [3.05, 3.63) is 83.4 Å². The maximum absolute atomic E-state index is 13.9. The molecular weight excluding hydrogens is 809 g/mol. The minimum Gasteiger partial charge on any atom is -0.355 e. The SMILES string of the molecule is Cc1ccc(C(=O)Nc2ccnc(S(N)(=O)=O)c2)c(N2CCC(F)(F)C(C)C2)n1.Cc1ccc(C(=O)Nc2ccnc(S(N)(=O)=O)c2)c(N2CCC(F)(F)C(C)C2)n1. The Morgan fingerprint density at radius 1 is 0.672 bits per heavy atom. The smallest absolute Gasteiger partial charge is 0.259 e. The number of pyridine rings is 4. The molecule has 0 saturated carbocycles. The molecule has 2 unspecified atom stereocenters. The summed E-state index contributed by atoms with van der Waals surface area (Å²) in [7, 11) is -8.06. The predicted octanol–water partition coefficient (Wildman–Crippen LogP) is 4.33. The van der Waals surface area contributed by atoms with E-state index in [9.17, 15) is 44.0 Å². The van der Waals surface area contributed by atoms with E-state index in [4.69, 9.17) is 10.3 Å². The van der Waals surface area contributed by atoms with Crippen molar-refractivity contribution in [2.24, 2.45) is 22.1 Å². The van der Waals surface area contributed by atoms with Gasteiger partial charge in [0.05, 0.1) is 11.1 Å². The Bertz CT molecular complexity index is 2260. The first-order valence-electron chi connectivity index (χ1n) is 17.8. The van der Waals surface area contributed by atoms with Crippen LogP contribution in [-0.2, 0) is 20.0 Å². The number of carbonyl (C=O) groups is 2. The van der Waals surface area contributed by atoms with Gasteiger partial charge >= 0.3 is 0 Å². The summed E-state index contributed by atoms with van der Waals surface area (Å²) in [5, 5.41) is 14.5. The van der Waals surface area contributed by atoms with Crippen molar-refractivity contribution in [3.63, 3.8) is 0 Å². The molecule has 16 nitrogen and oxygen atoms in total. The highest BCUT2D eigenvalue weighted by Gasteiger charge is 2.43. The van der Waals surface area contributed by atoms with E-state index in [1.165, 1.54) is 38.4 Å². The normalized spacial score (nSPS) is 19.1. The van der Waals surface area contributed by atoms with Gasteiger partial charge in [0.1, 0.15) is 11.6 Å². The van der Waals surface area contributed by atoms with Crippen molar-refractivity contribution in [1.29, 1.82) is 0 Å². The van der Waals surface area contributed by atoms with Crippen LogP contribution in [0.3, 0.4) is 0 Å². The molecular formula is C36H42F4N10O6S2. The summed E-state index contributed by atoms with van der Waals surface area (Å²) in [4.78, 5) is 45.1. The molecule has 312 valence electrons. The second-order valence-electron chi connectivity index (χ2n) is 14.1. The van der Waals surface area contributed by atoms with Gasteiger partial charge in [-0.3, -0.25) is 9.59 Å². The zero-order valence-corrected chi connectivity index (χ0v) is 33.4. The number of nitrogens with two attached hydrogens (primary N) is 2. The first-order valence-corrected chi connectivity index (χ1v) is 20.8. The van der Waals surface area contributed by atoms with Crippen LogP contribution < -0.4 is 30.7 Å². The number of aryl methyl sites for hydroxylation is 2. The van der Waals surface area contributed by atoms with Crippen molar-refractivity contribution in [3.8, 4) is 0 Å². The predicted molar refractivity (Wildman–Crippen MR) is 207 cm³/mol. The summed E-state index contributed by atoms with van der Waals surface area (Å²) in [5.74, 6) is -7.77. The number of nitrogens with one attached hydrogen (secondary N) is 2. The third-order valence-electron chi connectivity index (χ3n) is 9.55. The van der Waals surface area contributed by atoms with Gasteiger partial charge in [0.2, 0.25) is 0 Å². The first-order chi connectivity index (χ1) is 26.9. The number of amides is 2. The molecule has 2 aliphatic rings. The van der Waals surface area contributed by atoms with Crippen LogP contribution in [0, 0.1) is 25.7 Å². The van der Waals surface area contributed by atoms with E-state index >= 15 is 0 Å². The molecule has 4 aromatic heterocycles. The van der Waals surface area contributed by atoms with Crippen LogP contribution in [0.15, 0.2) is 71.0 Å². The molecule has 58 heavy (non-hydrogen) atoms. The Morgan fingerprint density at radius 3 is 1.36 bits per heavy atom. The molecule has 0 bridgehead atoms. The van der Waals surface area contributed by atoms with Gasteiger partial charge in [-0.1, -0.05) is 13.8 Å². The minimum absolute atomic E-state index is 0.0640. The number of alkyl halides is 4. The number of hydrogen-bond donors (Lipinski definition) is 4. The average Bonchev–Trinajstić information content (AvgIpc) is 3.13. The highest BCUT2D eigenvalue weighted by atomic mass is 32.2. The number of sulfonamides is 2. The standard InChI is InChI=1S/2C18H21F2N5O3S/c2*1-11-10-25(8-6-18(11,19)20)16-14(4-3-12(2)23-16)17(26)24-13-5-7-22-15(9-13)29(21,27)28/h2*3-5,7,9,11H,6,8,10H2,1-2H3,(H2,21,27,28)(H,22,24,26). The lowest BCUT2D eigenvalue weighted by atomic mass is 9.95. The molecule has 2 amide bonds. The first kappa shape index (κ1) is 43.8. The number of piperidine rings is 2. The number of rotatable bonds is 8. The molecule has 6 rings (SSSR count). The van der Waals surface area contributed by atoms with Crippen LogP contribution in [0.4, 0.5) is 40.6 Å². The second kappa shape index (κ2) is 16.9. The van der Waals surface area contributed by atoms with Crippen molar-refractivity contribution in [1.82, 2.24) is 19.9 Å². The fraction of sp³-hybridized carbons (Fsp3) is 0.389. The number of carbonyl (C=O) groups excluding carboxylic acids is 2. The van der Waals surface area contributed by atoms with E-state index < -0.39 is 55.5 Å². The van der Waals surface area contributed by atoms with Crippen LogP contribution in [-0.4, -0.2) is 86.6 Å². The zero-order chi connectivity index (χ0) is 42.8. The number of hydrogen-bond acceptors (Lipinski definition) is 12. The Kier molecular flexibility index (Phi) is 12.7. The van der Waals surface area contributed by atoms with E-state index in [2.05, 4.69) is 30.6 Å². The quantitative estimate of drug-likeness (QED) is 0.181. The molecule has 0 aromatic carbocycles. The minimum atomic E-state index is -4.03. The summed E-state index contributed by atoms with van der Waals surface area (Å²) in [5.41, 5.74) is 2.03. The highest BCUT2D eigenvalue weighted by Crippen LogP contribution is 2.37.